The van der Waals surface area contributed by atoms with Crippen molar-refractivity contribution in [1.29, 1.82) is 0 Å². The number of carbonyl (C=O) groups excluding carboxylic acids is 2. The first-order valence-electron chi connectivity index (χ1n) is 4.77. The fraction of sp³-hybridized carbons (Fsp3) is 0.333. The van der Waals surface area contributed by atoms with E-state index in [2.05, 4.69) is 0 Å². The lowest BCUT2D eigenvalue weighted by Gasteiger charge is -2.16. The number of aldehydes is 2. The van der Waals surface area contributed by atoms with E-state index in [9.17, 15) is 9.59 Å². The molecule has 0 aromatic heterocycles. The molecule has 0 saturated carbocycles. The maximum Gasteiger partial charge on any atom is 0.154 e. The minimum atomic E-state index is 0.306. The maximum atomic E-state index is 11.0. The second kappa shape index (κ2) is 4.79. The second-order valence-electron chi connectivity index (χ2n) is 3.38. The third kappa shape index (κ3) is 1.66. The quantitative estimate of drug-likeness (QED) is 0.730. The highest BCUT2D eigenvalue weighted by molar-refractivity contribution is 5.93. The van der Waals surface area contributed by atoms with Crippen LogP contribution in [0, 0.1) is 13.8 Å². The summed E-state index contributed by atoms with van der Waals surface area (Å²) in [6, 6.07) is 0. The standard InChI is InChI=1S/C12H14O4/c1-7-9(5-13)12(16-4)10(6-14)8(2)11(7)15-3/h5-6H,1-4H3. The van der Waals surface area contributed by atoms with Crippen molar-refractivity contribution in [3.63, 3.8) is 0 Å². The lowest BCUT2D eigenvalue weighted by atomic mass is 9.98. The Bertz CT molecular complexity index is 400. The summed E-state index contributed by atoms with van der Waals surface area (Å²) in [7, 11) is 2.94. The summed E-state index contributed by atoms with van der Waals surface area (Å²) in [5.74, 6) is 0.853. The van der Waals surface area contributed by atoms with Gasteiger partial charge in [0, 0.05) is 11.1 Å². The van der Waals surface area contributed by atoms with Gasteiger partial charge in [-0.15, -0.1) is 0 Å². The predicted molar refractivity (Wildman–Crippen MR) is 59.8 cm³/mol. The van der Waals surface area contributed by atoms with Crippen molar-refractivity contribution in [2.75, 3.05) is 14.2 Å². The van der Waals surface area contributed by atoms with E-state index in [-0.39, 0.29) is 0 Å². The number of rotatable bonds is 4. The third-order valence-corrected chi connectivity index (χ3v) is 2.62. The molecule has 4 nitrogen and oxygen atoms in total. The molecule has 1 rings (SSSR count). The molecule has 0 fully saturated rings. The summed E-state index contributed by atoms with van der Waals surface area (Å²) in [6.45, 7) is 3.51. The van der Waals surface area contributed by atoms with Gasteiger partial charge in [-0.1, -0.05) is 0 Å². The zero-order valence-corrected chi connectivity index (χ0v) is 9.79. The molecule has 0 spiro atoms. The SMILES string of the molecule is COc1c(C)c(C=O)c(OC)c(C=O)c1C. The van der Waals surface area contributed by atoms with Gasteiger partial charge in [0.05, 0.1) is 25.3 Å². The van der Waals surface area contributed by atoms with Crippen LogP contribution >= 0.6 is 0 Å². The van der Waals surface area contributed by atoms with Gasteiger partial charge in [-0.2, -0.15) is 0 Å². The van der Waals surface area contributed by atoms with Crippen LogP contribution in [-0.4, -0.2) is 26.8 Å². The molecular formula is C12H14O4. The first-order chi connectivity index (χ1) is 7.62. The van der Waals surface area contributed by atoms with Crippen molar-refractivity contribution in [3.8, 4) is 11.5 Å². The molecule has 0 aliphatic rings. The molecule has 0 saturated heterocycles. The van der Waals surface area contributed by atoms with E-state index in [1.165, 1.54) is 14.2 Å². The number of benzene rings is 1. The molecular weight excluding hydrogens is 208 g/mol. The fourth-order valence-electron chi connectivity index (χ4n) is 1.82. The highest BCUT2D eigenvalue weighted by atomic mass is 16.5. The van der Waals surface area contributed by atoms with Gasteiger partial charge in [0.1, 0.15) is 11.5 Å². The molecule has 0 N–H and O–H groups in total. The molecule has 16 heavy (non-hydrogen) atoms. The molecule has 1 aromatic rings. The summed E-state index contributed by atoms with van der Waals surface area (Å²) in [4.78, 5) is 22.0. The van der Waals surface area contributed by atoms with Gasteiger partial charge >= 0.3 is 0 Å². The molecule has 86 valence electrons. The highest BCUT2D eigenvalue weighted by Crippen LogP contribution is 2.35. The molecule has 1 aromatic carbocycles. The van der Waals surface area contributed by atoms with Gasteiger partial charge in [-0.3, -0.25) is 9.59 Å². The molecule has 0 aliphatic carbocycles. The molecule has 0 heterocycles. The maximum absolute atomic E-state index is 11.0. The van der Waals surface area contributed by atoms with Crippen LogP contribution in [0.25, 0.3) is 0 Å². The number of carbonyl (C=O) groups is 2. The molecule has 0 atom stereocenters. The average molecular weight is 222 g/mol. The normalized spacial score (nSPS) is 9.75. The van der Waals surface area contributed by atoms with E-state index in [1.54, 1.807) is 13.8 Å². The molecule has 0 aliphatic heterocycles. The van der Waals surface area contributed by atoms with Crippen molar-refractivity contribution < 1.29 is 19.1 Å². The van der Waals surface area contributed by atoms with Crippen LogP contribution < -0.4 is 9.47 Å². The van der Waals surface area contributed by atoms with E-state index >= 15 is 0 Å². The van der Waals surface area contributed by atoms with Gasteiger partial charge in [0.25, 0.3) is 0 Å². The van der Waals surface area contributed by atoms with Crippen LogP contribution in [-0.2, 0) is 0 Å². The second-order valence-corrected chi connectivity index (χ2v) is 3.38. The largest absolute Gasteiger partial charge is 0.496 e. The smallest absolute Gasteiger partial charge is 0.154 e. The minimum absolute atomic E-state index is 0.306. The number of methoxy groups -OCH3 is 2. The van der Waals surface area contributed by atoms with E-state index in [0.29, 0.717) is 46.3 Å². The number of ether oxygens (including phenoxy) is 2. The molecule has 0 amide bonds. The van der Waals surface area contributed by atoms with E-state index in [4.69, 9.17) is 9.47 Å². The Morgan fingerprint density at radius 2 is 1.19 bits per heavy atom. The summed E-state index contributed by atoms with van der Waals surface area (Å²) < 4.78 is 10.3. The van der Waals surface area contributed by atoms with E-state index < -0.39 is 0 Å². The molecule has 4 heteroatoms. The van der Waals surface area contributed by atoms with Crippen LogP contribution in [0.3, 0.4) is 0 Å². The Morgan fingerprint density at radius 3 is 1.44 bits per heavy atom. The van der Waals surface area contributed by atoms with Gasteiger partial charge in [-0.25, -0.2) is 0 Å². The summed E-state index contributed by atoms with van der Waals surface area (Å²) in [5.41, 5.74) is 2.06. The third-order valence-electron chi connectivity index (χ3n) is 2.62. The topological polar surface area (TPSA) is 52.6 Å². The zero-order chi connectivity index (χ0) is 12.3. The monoisotopic (exact) mass is 222 g/mol. The van der Waals surface area contributed by atoms with Crippen molar-refractivity contribution in [3.05, 3.63) is 22.3 Å². The van der Waals surface area contributed by atoms with Crippen molar-refractivity contribution >= 4 is 12.6 Å². The van der Waals surface area contributed by atoms with Gasteiger partial charge in [0.15, 0.2) is 12.6 Å². The van der Waals surface area contributed by atoms with Crippen molar-refractivity contribution in [2.45, 2.75) is 13.8 Å². The predicted octanol–water partition coefficient (Wildman–Crippen LogP) is 1.95. The lowest BCUT2D eigenvalue weighted by Crippen LogP contribution is -2.04. The Hall–Kier alpha value is -1.84. The Labute approximate surface area is 94.2 Å². The van der Waals surface area contributed by atoms with Crippen LogP contribution in [0.4, 0.5) is 0 Å². The highest BCUT2D eigenvalue weighted by Gasteiger charge is 2.20. The van der Waals surface area contributed by atoms with Crippen molar-refractivity contribution in [2.24, 2.45) is 0 Å². The Kier molecular flexibility index (Phi) is 3.66. The zero-order valence-electron chi connectivity index (χ0n) is 9.79. The van der Waals surface area contributed by atoms with Gasteiger partial charge in [0.2, 0.25) is 0 Å². The van der Waals surface area contributed by atoms with Crippen LogP contribution in [0.2, 0.25) is 0 Å². The first-order valence-corrected chi connectivity index (χ1v) is 4.77. The molecule has 0 bridgehead atoms. The van der Waals surface area contributed by atoms with Crippen LogP contribution in [0.5, 0.6) is 11.5 Å². The summed E-state index contributed by atoms with van der Waals surface area (Å²) in [6.07, 6.45) is 1.34. The number of hydrogen-bond donors (Lipinski definition) is 0. The lowest BCUT2D eigenvalue weighted by molar-refractivity contribution is 0.111. The Morgan fingerprint density at radius 1 is 0.812 bits per heavy atom. The van der Waals surface area contributed by atoms with Crippen LogP contribution in [0.1, 0.15) is 31.8 Å². The molecule has 0 radical (unpaired) electrons. The Balaban J connectivity index is 3.74. The van der Waals surface area contributed by atoms with Gasteiger partial charge in [-0.05, 0) is 13.8 Å². The fourth-order valence-corrected chi connectivity index (χ4v) is 1.82. The number of hydrogen-bond acceptors (Lipinski definition) is 4. The van der Waals surface area contributed by atoms with E-state index in [0.717, 1.165) is 0 Å². The van der Waals surface area contributed by atoms with Gasteiger partial charge < -0.3 is 9.47 Å². The summed E-state index contributed by atoms with van der Waals surface area (Å²) >= 11 is 0. The van der Waals surface area contributed by atoms with E-state index in [1.807, 2.05) is 0 Å². The van der Waals surface area contributed by atoms with Crippen LogP contribution in [0.15, 0.2) is 0 Å². The summed E-state index contributed by atoms with van der Waals surface area (Å²) in [5, 5.41) is 0. The van der Waals surface area contributed by atoms with Crippen molar-refractivity contribution in [1.82, 2.24) is 0 Å². The minimum Gasteiger partial charge on any atom is -0.496 e. The molecule has 0 unspecified atom stereocenters. The average Bonchev–Trinajstić information content (AvgIpc) is 2.29. The first kappa shape index (κ1) is 12.2.